The van der Waals surface area contributed by atoms with E-state index in [2.05, 4.69) is 0 Å². The molecule has 0 amide bonds. The van der Waals surface area contributed by atoms with Crippen LogP contribution in [0, 0.1) is 0 Å². The summed E-state index contributed by atoms with van der Waals surface area (Å²) in [5, 5.41) is 0.609. The molecular formula is C18H10Cl2F3NOS. The third-order valence-electron chi connectivity index (χ3n) is 3.65. The molecule has 3 aromatic rings. The van der Waals surface area contributed by atoms with Crippen LogP contribution in [0.15, 0.2) is 48.5 Å². The summed E-state index contributed by atoms with van der Waals surface area (Å²) in [7, 11) is 0. The Morgan fingerprint density at radius 2 is 1.62 bits per heavy atom. The summed E-state index contributed by atoms with van der Waals surface area (Å²) >= 11 is 13.1. The average Bonchev–Trinajstić information content (AvgIpc) is 2.96. The van der Waals surface area contributed by atoms with E-state index in [1.807, 2.05) is 0 Å². The number of benzene rings is 2. The van der Waals surface area contributed by atoms with Gasteiger partial charge in [-0.25, -0.2) is 0 Å². The first-order chi connectivity index (χ1) is 12.2. The Kier molecular flexibility index (Phi) is 5.01. The van der Waals surface area contributed by atoms with Gasteiger partial charge in [-0.1, -0.05) is 41.4 Å². The van der Waals surface area contributed by atoms with E-state index in [0.717, 1.165) is 23.5 Å². The number of nitrogen functional groups attached to an aromatic ring is 1. The Hall–Kier alpha value is -2.02. The van der Waals surface area contributed by atoms with E-state index in [1.165, 1.54) is 30.3 Å². The van der Waals surface area contributed by atoms with Crippen molar-refractivity contribution in [3.63, 3.8) is 0 Å². The van der Waals surface area contributed by atoms with Gasteiger partial charge in [-0.2, -0.15) is 13.2 Å². The normalized spacial score (nSPS) is 11.6. The Bertz CT molecular complexity index is 978. The number of hydrogen-bond donors (Lipinski definition) is 1. The molecule has 0 atom stereocenters. The van der Waals surface area contributed by atoms with Gasteiger partial charge in [0, 0.05) is 5.56 Å². The second kappa shape index (κ2) is 6.95. The molecule has 0 unspecified atom stereocenters. The van der Waals surface area contributed by atoms with Crippen LogP contribution in [0.25, 0.3) is 11.1 Å². The quantitative estimate of drug-likeness (QED) is 0.492. The van der Waals surface area contributed by atoms with E-state index in [9.17, 15) is 18.0 Å². The zero-order chi connectivity index (χ0) is 19.1. The van der Waals surface area contributed by atoms with Crippen molar-refractivity contribution in [2.75, 3.05) is 5.73 Å². The highest BCUT2D eigenvalue weighted by Crippen LogP contribution is 2.39. The minimum Gasteiger partial charge on any atom is -0.391 e. The molecule has 26 heavy (non-hydrogen) atoms. The maximum Gasteiger partial charge on any atom is 0.416 e. The van der Waals surface area contributed by atoms with Crippen molar-refractivity contribution >= 4 is 45.3 Å². The molecule has 1 aromatic heterocycles. The molecule has 0 bridgehead atoms. The fourth-order valence-corrected chi connectivity index (χ4v) is 3.95. The molecule has 2 N–H and O–H groups in total. The predicted molar refractivity (Wildman–Crippen MR) is 99.1 cm³/mol. The number of nitrogens with two attached hydrogens (primary N) is 1. The van der Waals surface area contributed by atoms with Crippen LogP contribution in [0.4, 0.5) is 18.2 Å². The molecule has 0 fully saturated rings. The third-order valence-corrected chi connectivity index (χ3v) is 5.24. The van der Waals surface area contributed by atoms with Crippen LogP contribution >= 0.6 is 34.5 Å². The molecule has 0 aliphatic carbocycles. The first kappa shape index (κ1) is 18.8. The summed E-state index contributed by atoms with van der Waals surface area (Å²) in [5.74, 6) is -0.491. The van der Waals surface area contributed by atoms with Gasteiger partial charge in [0.25, 0.3) is 0 Å². The highest BCUT2D eigenvalue weighted by atomic mass is 35.5. The average molecular weight is 416 g/mol. The third kappa shape index (κ3) is 3.58. The van der Waals surface area contributed by atoms with Crippen LogP contribution in [0.2, 0.25) is 10.0 Å². The SMILES string of the molecule is Nc1cc(-c2cccc(C(F)(F)F)c2)c(C(=O)c2c(Cl)cccc2Cl)s1. The minimum atomic E-state index is -4.49. The lowest BCUT2D eigenvalue weighted by atomic mass is 9.99. The summed E-state index contributed by atoms with van der Waals surface area (Å²) in [6.45, 7) is 0. The molecule has 2 aromatic carbocycles. The Balaban J connectivity index is 2.15. The number of carbonyl (C=O) groups is 1. The number of halogens is 5. The molecule has 0 spiro atoms. The van der Waals surface area contributed by atoms with Crippen molar-refractivity contribution in [3.8, 4) is 11.1 Å². The van der Waals surface area contributed by atoms with E-state index in [-0.39, 0.29) is 26.0 Å². The van der Waals surface area contributed by atoms with Crippen molar-refractivity contribution in [1.29, 1.82) is 0 Å². The molecule has 0 saturated heterocycles. The summed E-state index contributed by atoms with van der Waals surface area (Å²) in [6.07, 6.45) is -4.49. The Labute approximate surface area is 161 Å². The van der Waals surface area contributed by atoms with Crippen LogP contribution in [0.1, 0.15) is 20.8 Å². The van der Waals surface area contributed by atoms with Gasteiger partial charge in [0.2, 0.25) is 5.78 Å². The van der Waals surface area contributed by atoms with E-state index < -0.39 is 17.5 Å². The van der Waals surface area contributed by atoms with Gasteiger partial charge in [-0.15, -0.1) is 11.3 Å². The summed E-state index contributed by atoms with van der Waals surface area (Å²) < 4.78 is 39.0. The van der Waals surface area contributed by atoms with E-state index in [1.54, 1.807) is 6.07 Å². The highest BCUT2D eigenvalue weighted by Gasteiger charge is 2.31. The molecule has 3 rings (SSSR count). The molecule has 1 heterocycles. The Morgan fingerprint density at radius 1 is 1.00 bits per heavy atom. The lowest BCUT2D eigenvalue weighted by Gasteiger charge is -2.10. The summed E-state index contributed by atoms with van der Waals surface area (Å²) in [6, 6.07) is 10.8. The second-order valence-corrected chi connectivity index (χ2v) is 7.29. The van der Waals surface area contributed by atoms with Crippen molar-refractivity contribution in [1.82, 2.24) is 0 Å². The van der Waals surface area contributed by atoms with E-state index >= 15 is 0 Å². The highest BCUT2D eigenvalue weighted by molar-refractivity contribution is 7.18. The van der Waals surface area contributed by atoms with Crippen LogP contribution in [0.5, 0.6) is 0 Å². The molecule has 0 aliphatic heterocycles. The lowest BCUT2D eigenvalue weighted by molar-refractivity contribution is -0.137. The molecule has 8 heteroatoms. The maximum absolute atomic E-state index is 13.0. The van der Waals surface area contributed by atoms with Gasteiger partial charge in [0.1, 0.15) is 0 Å². The van der Waals surface area contributed by atoms with Crippen molar-refractivity contribution in [2.24, 2.45) is 0 Å². The molecule has 0 saturated carbocycles. The van der Waals surface area contributed by atoms with Gasteiger partial charge >= 0.3 is 6.18 Å². The van der Waals surface area contributed by atoms with E-state index in [0.29, 0.717) is 10.6 Å². The zero-order valence-corrected chi connectivity index (χ0v) is 15.2. The van der Waals surface area contributed by atoms with Crippen LogP contribution < -0.4 is 5.73 Å². The number of thiophene rings is 1. The summed E-state index contributed by atoms with van der Waals surface area (Å²) in [5.41, 5.74) is 5.63. The van der Waals surface area contributed by atoms with Crippen molar-refractivity contribution in [2.45, 2.75) is 6.18 Å². The number of anilines is 1. The van der Waals surface area contributed by atoms with Crippen LogP contribution in [-0.4, -0.2) is 5.78 Å². The van der Waals surface area contributed by atoms with Gasteiger partial charge in [0.05, 0.1) is 31.1 Å². The maximum atomic E-state index is 13.0. The first-order valence-corrected chi connectivity index (χ1v) is 8.81. The van der Waals surface area contributed by atoms with Gasteiger partial charge in [0.15, 0.2) is 0 Å². The standard InChI is InChI=1S/C18H10Cl2F3NOS/c19-12-5-2-6-13(20)15(12)16(25)17-11(8-14(24)26-17)9-3-1-4-10(7-9)18(21,22)23/h1-8H,24H2. The molecule has 0 radical (unpaired) electrons. The fourth-order valence-electron chi connectivity index (χ4n) is 2.48. The van der Waals surface area contributed by atoms with Gasteiger partial charge in [-0.05, 0) is 35.9 Å². The van der Waals surface area contributed by atoms with Crippen LogP contribution in [-0.2, 0) is 6.18 Å². The number of alkyl halides is 3. The van der Waals surface area contributed by atoms with Gasteiger partial charge in [-0.3, -0.25) is 4.79 Å². The molecule has 134 valence electrons. The van der Waals surface area contributed by atoms with Gasteiger partial charge < -0.3 is 5.73 Å². The summed E-state index contributed by atoms with van der Waals surface area (Å²) in [4.78, 5) is 13.1. The lowest BCUT2D eigenvalue weighted by Crippen LogP contribution is -2.05. The number of rotatable bonds is 3. The Morgan fingerprint density at radius 3 is 2.23 bits per heavy atom. The number of carbonyl (C=O) groups excluding carboxylic acids is 1. The van der Waals surface area contributed by atoms with E-state index in [4.69, 9.17) is 28.9 Å². The minimum absolute atomic E-state index is 0.0888. The smallest absolute Gasteiger partial charge is 0.391 e. The van der Waals surface area contributed by atoms with Crippen LogP contribution in [0.3, 0.4) is 0 Å². The topological polar surface area (TPSA) is 43.1 Å². The second-order valence-electron chi connectivity index (χ2n) is 5.40. The molecule has 2 nitrogen and oxygen atoms in total. The first-order valence-electron chi connectivity index (χ1n) is 7.24. The monoisotopic (exact) mass is 415 g/mol. The zero-order valence-electron chi connectivity index (χ0n) is 12.9. The predicted octanol–water partition coefficient (Wildman–Crippen LogP) is 6.55. The number of ketones is 1. The van der Waals surface area contributed by atoms with Crippen molar-refractivity contribution in [3.05, 3.63) is 74.6 Å². The molecule has 0 aliphatic rings. The largest absolute Gasteiger partial charge is 0.416 e. The number of hydrogen-bond acceptors (Lipinski definition) is 3. The van der Waals surface area contributed by atoms with Crippen molar-refractivity contribution < 1.29 is 18.0 Å². The molecular weight excluding hydrogens is 406 g/mol. The fraction of sp³-hybridized carbons (Fsp3) is 0.0556.